The van der Waals surface area contributed by atoms with Crippen molar-refractivity contribution in [3.63, 3.8) is 0 Å². The van der Waals surface area contributed by atoms with Crippen LogP contribution in [-0.2, 0) is 7.05 Å². The van der Waals surface area contributed by atoms with E-state index in [-0.39, 0.29) is 5.82 Å². The highest BCUT2D eigenvalue weighted by atomic mass is 19.1. The van der Waals surface area contributed by atoms with E-state index in [4.69, 9.17) is 0 Å². The van der Waals surface area contributed by atoms with E-state index in [2.05, 4.69) is 5.10 Å². The summed E-state index contributed by atoms with van der Waals surface area (Å²) in [6.07, 6.45) is 1.34. The summed E-state index contributed by atoms with van der Waals surface area (Å²) >= 11 is 0. The molecule has 0 saturated heterocycles. The molecule has 2 nitrogen and oxygen atoms in total. The molecule has 0 radical (unpaired) electrons. The molecule has 3 heteroatoms. The quantitative estimate of drug-likeness (QED) is 0.543. The van der Waals surface area contributed by atoms with Gasteiger partial charge in [-0.05, 0) is 6.92 Å². The fourth-order valence-electron chi connectivity index (χ4n) is 0.571. The number of aromatic nitrogens is 2. The fraction of sp³-hybridized carbons (Fsp3) is 0.571. The van der Waals surface area contributed by atoms with Crippen LogP contribution in [0.3, 0.4) is 0 Å². The van der Waals surface area contributed by atoms with E-state index in [1.165, 1.54) is 10.9 Å². The van der Waals surface area contributed by atoms with Crippen molar-refractivity contribution in [1.29, 1.82) is 0 Å². The molecule has 1 heterocycles. The molecule has 0 aromatic carbocycles. The Morgan fingerprint density at radius 2 is 2.00 bits per heavy atom. The van der Waals surface area contributed by atoms with Gasteiger partial charge in [-0.25, -0.2) is 4.39 Å². The third-order valence-corrected chi connectivity index (χ3v) is 0.954. The highest BCUT2D eigenvalue weighted by molar-refractivity contribution is 4.98. The van der Waals surface area contributed by atoms with Crippen LogP contribution in [0.1, 0.15) is 19.5 Å². The van der Waals surface area contributed by atoms with Gasteiger partial charge in [0.1, 0.15) is 0 Å². The van der Waals surface area contributed by atoms with Crippen LogP contribution in [0.5, 0.6) is 0 Å². The van der Waals surface area contributed by atoms with Crippen molar-refractivity contribution in [2.45, 2.75) is 20.8 Å². The molecular formula is C7H13FN2. The Morgan fingerprint density at radius 3 is 2.10 bits per heavy atom. The maximum Gasteiger partial charge on any atom is 0.163 e. The zero-order valence-corrected chi connectivity index (χ0v) is 6.85. The van der Waals surface area contributed by atoms with Crippen molar-refractivity contribution in [1.82, 2.24) is 9.78 Å². The molecule has 0 aliphatic heterocycles. The van der Waals surface area contributed by atoms with Gasteiger partial charge in [0.25, 0.3) is 0 Å². The van der Waals surface area contributed by atoms with E-state index in [0.717, 1.165) is 0 Å². The van der Waals surface area contributed by atoms with E-state index >= 15 is 0 Å². The highest BCUT2D eigenvalue weighted by Gasteiger charge is 1.97. The Balaban J connectivity index is 0.000000371. The van der Waals surface area contributed by atoms with Crippen LogP contribution in [-0.4, -0.2) is 9.78 Å². The minimum Gasteiger partial charge on any atom is -0.273 e. The molecule has 58 valence electrons. The first-order valence-corrected chi connectivity index (χ1v) is 3.36. The second-order valence-corrected chi connectivity index (χ2v) is 1.74. The van der Waals surface area contributed by atoms with Gasteiger partial charge < -0.3 is 0 Å². The van der Waals surface area contributed by atoms with Gasteiger partial charge in [-0.15, -0.1) is 0 Å². The van der Waals surface area contributed by atoms with Gasteiger partial charge in [-0.3, -0.25) is 4.68 Å². The van der Waals surface area contributed by atoms with Crippen molar-refractivity contribution < 1.29 is 4.39 Å². The van der Waals surface area contributed by atoms with E-state index in [0.29, 0.717) is 5.69 Å². The maximum atomic E-state index is 12.3. The van der Waals surface area contributed by atoms with Crippen LogP contribution in [0, 0.1) is 12.7 Å². The summed E-state index contributed by atoms with van der Waals surface area (Å²) in [6, 6.07) is 0. The number of halogens is 1. The SMILES string of the molecule is CC.Cc1nn(C)cc1F. The molecule has 0 fully saturated rings. The molecule has 0 N–H and O–H groups in total. The molecule has 1 aromatic heterocycles. The summed E-state index contributed by atoms with van der Waals surface area (Å²) in [6.45, 7) is 5.63. The monoisotopic (exact) mass is 144 g/mol. The summed E-state index contributed by atoms with van der Waals surface area (Å²) in [5, 5.41) is 3.75. The van der Waals surface area contributed by atoms with Crippen LogP contribution in [0.15, 0.2) is 6.20 Å². The average Bonchev–Trinajstić information content (AvgIpc) is 2.16. The maximum absolute atomic E-state index is 12.3. The Labute approximate surface area is 60.7 Å². The van der Waals surface area contributed by atoms with Crippen LogP contribution in [0.2, 0.25) is 0 Å². The standard InChI is InChI=1S/C5H7FN2.C2H6/c1-4-5(6)3-8(2)7-4;1-2/h3H,1-2H3;1-2H3. The lowest BCUT2D eigenvalue weighted by atomic mass is 10.5. The van der Waals surface area contributed by atoms with Crippen molar-refractivity contribution >= 4 is 0 Å². The predicted octanol–water partition coefficient (Wildman–Crippen LogP) is 1.89. The third-order valence-electron chi connectivity index (χ3n) is 0.954. The molecule has 0 saturated carbocycles. The van der Waals surface area contributed by atoms with Gasteiger partial charge in [-0.2, -0.15) is 5.10 Å². The topological polar surface area (TPSA) is 17.8 Å². The lowest BCUT2D eigenvalue weighted by molar-refractivity contribution is 0.617. The van der Waals surface area contributed by atoms with Crippen molar-refractivity contribution in [3.05, 3.63) is 17.7 Å². The van der Waals surface area contributed by atoms with Gasteiger partial charge in [0.05, 0.1) is 11.9 Å². The summed E-state index contributed by atoms with van der Waals surface area (Å²) in [7, 11) is 1.69. The molecular weight excluding hydrogens is 131 g/mol. The number of aryl methyl sites for hydroxylation is 2. The number of nitrogens with zero attached hydrogens (tertiary/aromatic N) is 2. The Hall–Kier alpha value is -0.860. The molecule has 0 spiro atoms. The normalized spacial score (nSPS) is 8.50. The third kappa shape index (κ3) is 2.17. The van der Waals surface area contributed by atoms with Gasteiger partial charge in [0.15, 0.2) is 5.82 Å². The average molecular weight is 144 g/mol. The first-order chi connectivity index (χ1) is 4.70. The van der Waals surface area contributed by atoms with E-state index in [1.54, 1.807) is 14.0 Å². The highest BCUT2D eigenvalue weighted by Crippen LogP contribution is 1.98. The van der Waals surface area contributed by atoms with E-state index in [9.17, 15) is 4.39 Å². The number of hydrogen-bond acceptors (Lipinski definition) is 1. The predicted molar refractivity (Wildman–Crippen MR) is 39.3 cm³/mol. The Morgan fingerprint density at radius 1 is 1.50 bits per heavy atom. The summed E-state index contributed by atoms with van der Waals surface area (Å²) < 4.78 is 13.7. The zero-order chi connectivity index (χ0) is 8.15. The Bertz CT molecular complexity index is 174. The zero-order valence-electron chi connectivity index (χ0n) is 6.85. The molecule has 1 rings (SSSR count). The van der Waals surface area contributed by atoms with Crippen molar-refractivity contribution in [2.24, 2.45) is 7.05 Å². The smallest absolute Gasteiger partial charge is 0.163 e. The molecule has 1 aromatic rings. The van der Waals surface area contributed by atoms with Gasteiger partial charge in [-0.1, -0.05) is 13.8 Å². The molecule has 0 atom stereocenters. The molecule has 0 bridgehead atoms. The molecule has 0 amide bonds. The van der Waals surface area contributed by atoms with E-state index < -0.39 is 0 Å². The summed E-state index contributed by atoms with van der Waals surface area (Å²) in [5.74, 6) is -0.243. The van der Waals surface area contributed by atoms with Crippen LogP contribution < -0.4 is 0 Å². The lowest BCUT2D eigenvalue weighted by Gasteiger charge is -1.79. The van der Waals surface area contributed by atoms with E-state index in [1.807, 2.05) is 13.8 Å². The van der Waals surface area contributed by atoms with Crippen LogP contribution in [0.4, 0.5) is 4.39 Å². The lowest BCUT2D eigenvalue weighted by Crippen LogP contribution is -1.86. The molecule has 0 aliphatic carbocycles. The van der Waals surface area contributed by atoms with Gasteiger partial charge in [0.2, 0.25) is 0 Å². The Kier molecular flexibility index (Phi) is 3.69. The first kappa shape index (κ1) is 9.14. The summed E-state index contributed by atoms with van der Waals surface area (Å²) in [4.78, 5) is 0. The van der Waals surface area contributed by atoms with Crippen molar-refractivity contribution in [3.8, 4) is 0 Å². The minimum atomic E-state index is -0.243. The van der Waals surface area contributed by atoms with Crippen LogP contribution >= 0.6 is 0 Å². The number of rotatable bonds is 0. The van der Waals surface area contributed by atoms with Crippen LogP contribution in [0.25, 0.3) is 0 Å². The van der Waals surface area contributed by atoms with Gasteiger partial charge >= 0.3 is 0 Å². The second kappa shape index (κ2) is 4.04. The van der Waals surface area contributed by atoms with Crippen molar-refractivity contribution in [2.75, 3.05) is 0 Å². The number of hydrogen-bond donors (Lipinski definition) is 0. The second-order valence-electron chi connectivity index (χ2n) is 1.74. The first-order valence-electron chi connectivity index (χ1n) is 3.36. The molecule has 0 aliphatic rings. The fourth-order valence-corrected chi connectivity index (χ4v) is 0.571. The minimum absolute atomic E-state index is 0.243. The van der Waals surface area contributed by atoms with Gasteiger partial charge in [0, 0.05) is 7.05 Å². The largest absolute Gasteiger partial charge is 0.273 e. The summed E-state index contributed by atoms with van der Waals surface area (Å²) in [5.41, 5.74) is 0.451. The molecule has 0 unspecified atom stereocenters. The molecule has 10 heavy (non-hydrogen) atoms.